The van der Waals surface area contributed by atoms with Crippen LogP contribution in [0.3, 0.4) is 0 Å². The van der Waals surface area contributed by atoms with Crippen molar-refractivity contribution in [2.24, 2.45) is 0 Å². The molecule has 0 spiro atoms. The second-order valence-electron chi connectivity index (χ2n) is 4.14. The Morgan fingerprint density at radius 3 is 1.84 bits per heavy atom. The number of hydrogen-bond acceptors (Lipinski definition) is 3. The van der Waals surface area contributed by atoms with Gasteiger partial charge < -0.3 is 4.74 Å². The summed E-state index contributed by atoms with van der Waals surface area (Å²) in [6.07, 6.45) is -0.796. The third-order valence-corrected chi connectivity index (χ3v) is 2.72. The molecule has 0 heterocycles. The summed E-state index contributed by atoms with van der Waals surface area (Å²) in [5, 5.41) is 0. The number of benzene rings is 2. The fourth-order valence-corrected chi connectivity index (χ4v) is 1.69. The normalized spacial score (nSPS) is 11.6. The maximum absolute atomic E-state index is 12.0. The zero-order valence-electron chi connectivity index (χ0n) is 10.6. The predicted octanol–water partition coefficient (Wildman–Crippen LogP) is 3.11. The molecular weight excluding hydrogens is 240 g/mol. The van der Waals surface area contributed by atoms with E-state index in [4.69, 9.17) is 4.74 Å². The first-order valence-corrected chi connectivity index (χ1v) is 6.04. The average Bonchev–Trinajstić information content (AvgIpc) is 2.48. The first kappa shape index (κ1) is 13.0. The molecule has 0 aromatic heterocycles. The van der Waals surface area contributed by atoms with Crippen LogP contribution in [0.15, 0.2) is 60.7 Å². The zero-order chi connectivity index (χ0) is 13.7. The lowest BCUT2D eigenvalue weighted by atomic mass is 10.1. The number of hydrogen-bond donors (Lipinski definition) is 0. The average molecular weight is 254 g/mol. The van der Waals surface area contributed by atoms with Gasteiger partial charge in [0, 0.05) is 5.56 Å². The molecule has 0 bridgehead atoms. The summed E-state index contributed by atoms with van der Waals surface area (Å²) in [4.78, 5) is 23.9. The summed E-state index contributed by atoms with van der Waals surface area (Å²) in [7, 11) is 0. The standard InChI is InChI=1S/C16H14O3/c1-12(15(17)13-8-4-2-5-9-13)19-16(18)14-10-6-3-7-11-14/h2-12H,1H3/t12-/m1/s1. The van der Waals surface area contributed by atoms with Crippen LogP contribution in [-0.2, 0) is 4.74 Å². The highest BCUT2D eigenvalue weighted by Crippen LogP contribution is 2.09. The summed E-state index contributed by atoms with van der Waals surface area (Å²) < 4.78 is 5.16. The molecule has 2 aromatic carbocycles. The predicted molar refractivity (Wildman–Crippen MR) is 72.1 cm³/mol. The monoisotopic (exact) mass is 254 g/mol. The second-order valence-corrected chi connectivity index (χ2v) is 4.14. The van der Waals surface area contributed by atoms with Gasteiger partial charge in [0.15, 0.2) is 6.10 Å². The molecule has 0 unspecified atom stereocenters. The van der Waals surface area contributed by atoms with Crippen molar-refractivity contribution >= 4 is 11.8 Å². The number of ketones is 1. The molecular formula is C16H14O3. The minimum atomic E-state index is -0.796. The van der Waals surface area contributed by atoms with Crippen LogP contribution in [0.2, 0.25) is 0 Å². The van der Waals surface area contributed by atoms with Gasteiger partial charge in [0.2, 0.25) is 5.78 Å². The van der Waals surface area contributed by atoms with Gasteiger partial charge in [-0.1, -0.05) is 48.5 Å². The topological polar surface area (TPSA) is 43.4 Å². The molecule has 1 atom stereocenters. The maximum Gasteiger partial charge on any atom is 0.338 e. The first-order chi connectivity index (χ1) is 9.18. The number of carbonyl (C=O) groups is 2. The van der Waals surface area contributed by atoms with Crippen LogP contribution in [0.4, 0.5) is 0 Å². The van der Waals surface area contributed by atoms with Gasteiger partial charge in [0.1, 0.15) is 0 Å². The van der Waals surface area contributed by atoms with Gasteiger partial charge in [-0.3, -0.25) is 4.79 Å². The van der Waals surface area contributed by atoms with E-state index in [9.17, 15) is 9.59 Å². The summed E-state index contributed by atoms with van der Waals surface area (Å²) >= 11 is 0. The van der Waals surface area contributed by atoms with Crippen LogP contribution in [0.25, 0.3) is 0 Å². The first-order valence-electron chi connectivity index (χ1n) is 6.04. The summed E-state index contributed by atoms with van der Waals surface area (Å²) in [6, 6.07) is 17.4. The molecule has 96 valence electrons. The summed E-state index contributed by atoms with van der Waals surface area (Å²) in [5.41, 5.74) is 0.978. The lowest BCUT2D eigenvalue weighted by molar-refractivity contribution is 0.0319. The fraction of sp³-hybridized carbons (Fsp3) is 0.125. The Labute approximate surface area is 111 Å². The summed E-state index contributed by atoms with van der Waals surface area (Å²) in [6.45, 7) is 1.58. The van der Waals surface area contributed by atoms with E-state index in [1.54, 1.807) is 55.5 Å². The molecule has 0 saturated heterocycles. The van der Waals surface area contributed by atoms with E-state index in [-0.39, 0.29) is 5.78 Å². The molecule has 2 rings (SSSR count). The van der Waals surface area contributed by atoms with Crippen molar-refractivity contribution in [3.8, 4) is 0 Å². The van der Waals surface area contributed by atoms with Crippen LogP contribution in [0, 0.1) is 0 Å². The van der Waals surface area contributed by atoms with Gasteiger partial charge in [0.05, 0.1) is 5.56 Å². The zero-order valence-corrected chi connectivity index (χ0v) is 10.6. The largest absolute Gasteiger partial charge is 0.451 e. The number of esters is 1. The SMILES string of the molecule is C[C@@H](OC(=O)c1ccccc1)C(=O)c1ccccc1. The Bertz CT molecular complexity index is 561. The second kappa shape index (κ2) is 5.96. The van der Waals surface area contributed by atoms with Gasteiger partial charge in [-0.15, -0.1) is 0 Å². The Morgan fingerprint density at radius 1 is 0.842 bits per heavy atom. The molecule has 3 nitrogen and oxygen atoms in total. The van der Waals surface area contributed by atoms with E-state index in [1.165, 1.54) is 0 Å². The Balaban J connectivity index is 2.04. The molecule has 19 heavy (non-hydrogen) atoms. The fourth-order valence-electron chi connectivity index (χ4n) is 1.69. The smallest absolute Gasteiger partial charge is 0.338 e. The van der Waals surface area contributed by atoms with Crippen molar-refractivity contribution in [1.29, 1.82) is 0 Å². The number of ether oxygens (including phenoxy) is 1. The van der Waals surface area contributed by atoms with Gasteiger partial charge in [-0.2, -0.15) is 0 Å². The molecule has 0 radical (unpaired) electrons. The highest BCUT2D eigenvalue weighted by Gasteiger charge is 2.19. The van der Waals surface area contributed by atoms with Crippen LogP contribution in [0.1, 0.15) is 27.6 Å². The molecule has 2 aromatic rings. The molecule has 0 fully saturated rings. The van der Waals surface area contributed by atoms with Gasteiger partial charge in [0.25, 0.3) is 0 Å². The third kappa shape index (κ3) is 3.28. The van der Waals surface area contributed by atoms with Crippen molar-refractivity contribution in [1.82, 2.24) is 0 Å². The molecule has 0 amide bonds. The molecule has 0 aliphatic heterocycles. The van der Waals surface area contributed by atoms with Crippen molar-refractivity contribution < 1.29 is 14.3 Å². The number of rotatable bonds is 4. The highest BCUT2D eigenvalue weighted by molar-refractivity contribution is 6.01. The van der Waals surface area contributed by atoms with E-state index in [2.05, 4.69) is 0 Å². The van der Waals surface area contributed by atoms with Crippen LogP contribution in [0.5, 0.6) is 0 Å². The van der Waals surface area contributed by atoms with E-state index < -0.39 is 12.1 Å². The van der Waals surface area contributed by atoms with E-state index >= 15 is 0 Å². The lowest BCUT2D eigenvalue weighted by Gasteiger charge is -2.12. The maximum atomic E-state index is 12.0. The molecule has 3 heteroatoms. The van der Waals surface area contributed by atoms with Crippen molar-refractivity contribution in [3.05, 3.63) is 71.8 Å². The molecule has 0 saturated carbocycles. The Kier molecular flexibility index (Phi) is 4.08. The highest BCUT2D eigenvalue weighted by atomic mass is 16.5. The van der Waals surface area contributed by atoms with Crippen LogP contribution < -0.4 is 0 Å². The van der Waals surface area contributed by atoms with Crippen LogP contribution >= 0.6 is 0 Å². The van der Waals surface area contributed by atoms with Crippen molar-refractivity contribution in [3.63, 3.8) is 0 Å². The Hall–Kier alpha value is -2.42. The number of Topliss-reactive ketones (excluding diaryl/α,β-unsaturated/α-hetero) is 1. The van der Waals surface area contributed by atoms with E-state index in [0.717, 1.165) is 0 Å². The lowest BCUT2D eigenvalue weighted by Crippen LogP contribution is -2.24. The van der Waals surface area contributed by atoms with Gasteiger partial charge in [-0.05, 0) is 19.1 Å². The summed E-state index contributed by atoms with van der Waals surface area (Å²) in [5.74, 6) is -0.692. The quantitative estimate of drug-likeness (QED) is 0.622. The van der Waals surface area contributed by atoms with Crippen molar-refractivity contribution in [2.75, 3.05) is 0 Å². The molecule has 0 aliphatic carbocycles. The van der Waals surface area contributed by atoms with Gasteiger partial charge in [-0.25, -0.2) is 4.79 Å². The molecule has 0 N–H and O–H groups in total. The molecule has 0 aliphatic rings. The Morgan fingerprint density at radius 2 is 1.32 bits per heavy atom. The third-order valence-electron chi connectivity index (χ3n) is 2.72. The van der Waals surface area contributed by atoms with Gasteiger partial charge >= 0.3 is 5.97 Å². The van der Waals surface area contributed by atoms with Crippen LogP contribution in [-0.4, -0.2) is 17.9 Å². The number of carbonyl (C=O) groups excluding carboxylic acids is 2. The minimum absolute atomic E-state index is 0.204. The van der Waals surface area contributed by atoms with E-state index in [0.29, 0.717) is 11.1 Å². The van der Waals surface area contributed by atoms with Crippen molar-refractivity contribution in [2.45, 2.75) is 13.0 Å². The van der Waals surface area contributed by atoms with E-state index in [1.807, 2.05) is 12.1 Å². The minimum Gasteiger partial charge on any atom is -0.451 e.